The van der Waals surface area contributed by atoms with Crippen LogP contribution in [0.4, 0.5) is 0 Å². The number of hydrogen-bond acceptors (Lipinski definition) is 2. The lowest BCUT2D eigenvalue weighted by molar-refractivity contribution is -0.00275. The third-order valence-electron chi connectivity index (χ3n) is 3.35. The van der Waals surface area contributed by atoms with Crippen LogP contribution in [0.15, 0.2) is 30.3 Å². The summed E-state index contributed by atoms with van der Waals surface area (Å²) in [5.74, 6) is 6.04. The predicted molar refractivity (Wildman–Crippen MR) is 68.3 cm³/mol. The first-order chi connectivity index (χ1) is 7.42. The van der Waals surface area contributed by atoms with Crippen molar-refractivity contribution in [1.29, 1.82) is 0 Å². The van der Waals surface area contributed by atoms with Crippen LogP contribution in [0.5, 0.6) is 0 Å². The zero-order valence-electron chi connectivity index (χ0n) is 9.47. The molecule has 3 heteroatoms. The lowest BCUT2D eigenvalue weighted by atomic mass is 9.83. The summed E-state index contributed by atoms with van der Waals surface area (Å²) in [6.07, 6.45) is 6.58. The average Bonchev–Trinajstić information content (AvgIpc) is 2.33. The molecule has 0 bridgehead atoms. The summed E-state index contributed by atoms with van der Waals surface area (Å²) in [6.45, 7) is 0. The molecular formula is C13H20ClNO. The van der Waals surface area contributed by atoms with Crippen molar-refractivity contribution in [2.24, 2.45) is 11.8 Å². The van der Waals surface area contributed by atoms with Crippen LogP contribution < -0.4 is 5.90 Å². The van der Waals surface area contributed by atoms with Crippen LogP contribution >= 0.6 is 12.4 Å². The standard InChI is InChI=1S/C13H19NO.ClH/c14-15-13(11-7-3-1-4-8-11)12-9-5-2-6-10-12;/h1,3-4,7-8,12-13H,2,5-6,9-10,14H2;1H. The quantitative estimate of drug-likeness (QED) is 0.821. The molecule has 0 radical (unpaired) electrons. The second-order valence-corrected chi connectivity index (χ2v) is 4.37. The largest absolute Gasteiger partial charge is 0.296 e. The van der Waals surface area contributed by atoms with E-state index in [4.69, 9.17) is 10.7 Å². The lowest BCUT2D eigenvalue weighted by Crippen LogP contribution is -2.21. The summed E-state index contributed by atoms with van der Waals surface area (Å²) in [5, 5.41) is 0. The fourth-order valence-electron chi connectivity index (χ4n) is 2.54. The van der Waals surface area contributed by atoms with Crippen LogP contribution in [0, 0.1) is 5.92 Å². The van der Waals surface area contributed by atoms with Gasteiger partial charge >= 0.3 is 0 Å². The fourth-order valence-corrected chi connectivity index (χ4v) is 2.54. The Morgan fingerprint density at radius 1 is 1.06 bits per heavy atom. The number of rotatable bonds is 3. The highest BCUT2D eigenvalue weighted by Gasteiger charge is 2.25. The molecule has 1 unspecified atom stereocenters. The Bertz CT molecular complexity index is 285. The highest BCUT2D eigenvalue weighted by molar-refractivity contribution is 5.85. The van der Waals surface area contributed by atoms with E-state index >= 15 is 0 Å². The Hall–Kier alpha value is -0.570. The first-order valence-electron chi connectivity index (χ1n) is 5.82. The van der Waals surface area contributed by atoms with Crippen molar-refractivity contribution >= 4 is 12.4 Å². The van der Waals surface area contributed by atoms with Crippen LogP contribution in [-0.4, -0.2) is 0 Å². The number of nitrogens with two attached hydrogens (primary N) is 1. The van der Waals surface area contributed by atoms with Crippen molar-refractivity contribution in [3.63, 3.8) is 0 Å². The van der Waals surface area contributed by atoms with Gasteiger partial charge in [0.1, 0.15) is 6.10 Å². The predicted octanol–water partition coefficient (Wildman–Crippen LogP) is 3.62. The maximum absolute atomic E-state index is 5.44. The van der Waals surface area contributed by atoms with Gasteiger partial charge < -0.3 is 0 Å². The van der Waals surface area contributed by atoms with E-state index in [1.54, 1.807) is 0 Å². The minimum atomic E-state index is 0. The first-order valence-corrected chi connectivity index (χ1v) is 5.82. The van der Waals surface area contributed by atoms with Crippen LogP contribution in [0.3, 0.4) is 0 Å². The van der Waals surface area contributed by atoms with Gasteiger partial charge in [0.2, 0.25) is 0 Å². The molecule has 1 aromatic rings. The zero-order chi connectivity index (χ0) is 10.5. The summed E-state index contributed by atoms with van der Waals surface area (Å²) in [6, 6.07) is 10.3. The third-order valence-corrected chi connectivity index (χ3v) is 3.35. The molecule has 16 heavy (non-hydrogen) atoms. The van der Waals surface area contributed by atoms with Crippen molar-refractivity contribution in [3.8, 4) is 0 Å². The van der Waals surface area contributed by atoms with Crippen LogP contribution in [-0.2, 0) is 4.84 Å². The molecule has 1 aliphatic rings. The Morgan fingerprint density at radius 3 is 2.25 bits per heavy atom. The second-order valence-electron chi connectivity index (χ2n) is 4.37. The van der Waals surface area contributed by atoms with E-state index in [1.807, 2.05) is 18.2 Å². The Kier molecular flexibility index (Phi) is 5.81. The van der Waals surface area contributed by atoms with E-state index in [2.05, 4.69) is 12.1 Å². The molecule has 1 fully saturated rings. The van der Waals surface area contributed by atoms with Crippen molar-refractivity contribution in [2.45, 2.75) is 38.2 Å². The third kappa shape index (κ3) is 3.21. The molecule has 1 atom stereocenters. The summed E-state index contributed by atoms with van der Waals surface area (Å²) in [5.41, 5.74) is 1.21. The van der Waals surface area contributed by atoms with Gasteiger partial charge in [-0.25, -0.2) is 5.90 Å². The molecule has 1 aromatic carbocycles. The number of halogens is 1. The molecule has 90 valence electrons. The zero-order valence-corrected chi connectivity index (χ0v) is 10.3. The maximum Gasteiger partial charge on any atom is 0.106 e. The van der Waals surface area contributed by atoms with E-state index < -0.39 is 0 Å². The topological polar surface area (TPSA) is 35.2 Å². The molecule has 0 aromatic heterocycles. The van der Waals surface area contributed by atoms with Gasteiger partial charge in [0.15, 0.2) is 0 Å². The summed E-state index contributed by atoms with van der Waals surface area (Å²) >= 11 is 0. The van der Waals surface area contributed by atoms with E-state index in [9.17, 15) is 0 Å². The SMILES string of the molecule is Cl.NOC(c1ccccc1)C1CCCCC1. The molecule has 2 nitrogen and oxygen atoms in total. The van der Waals surface area contributed by atoms with Gasteiger partial charge in [-0.05, 0) is 24.3 Å². The van der Waals surface area contributed by atoms with E-state index in [-0.39, 0.29) is 18.5 Å². The molecule has 0 spiro atoms. The highest BCUT2D eigenvalue weighted by Crippen LogP contribution is 2.35. The summed E-state index contributed by atoms with van der Waals surface area (Å²) in [4.78, 5) is 5.18. The molecule has 0 amide bonds. The summed E-state index contributed by atoms with van der Waals surface area (Å²) in [7, 11) is 0. The minimum absolute atomic E-state index is 0. The van der Waals surface area contributed by atoms with Crippen LogP contribution in [0.1, 0.15) is 43.8 Å². The summed E-state index contributed by atoms with van der Waals surface area (Å²) < 4.78 is 0. The number of hydrogen-bond donors (Lipinski definition) is 1. The van der Waals surface area contributed by atoms with Crippen LogP contribution in [0.25, 0.3) is 0 Å². The fraction of sp³-hybridized carbons (Fsp3) is 0.538. The molecule has 2 N–H and O–H groups in total. The highest BCUT2D eigenvalue weighted by atomic mass is 35.5. The van der Waals surface area contributed by atoms with Gasteiger partial charge in [-0.3, -0.25) is 4.84 Å². The number of benzene rings is 1. The Labute approximate surface area is 104 Å². The van der Waals surface area contributed by atoms with E-state index in [0.29, 0.717) is 5.92 Å². The molecule has 1 aliphatic carbocycles. The van der Waals surface area contributed by atoms with Gasteiger partial charge in [-0.15, -0.1) is 12.4 Å². The average molecular weight is 242 g/mol. The van der Waals surface area contributed by atoms with Crippen molar-refractivity contribution in [2.75, 3.05) is 0 Å². The molecule has 1 saturated carbocycles. The molecule has 0 heterocycles. The Morgan fingerprint density at radius 2 is 1.69 bits per heavy atom. The van der Waals surface area contributed by atoms with Gasteiger partial charge in [0, 0.05) is 0 Å². The van der Waals surface area contributed by atoms with E-state index in [0.717, 1.165) is 0 Å². The molecule has 2 rings (SSSR count). The lowest BCUT2D eigenvalue weighted by Gasteiger charge is -2.28. The minimum Gasteiger partial charge on any atom is -0.296 e. The normalized spacial score (nSPS) is 18.8. The van der Waals surface area contributed by atoms with Crippen LogP contribution in [0.2, 0.25) is 0 Å². The smallest absolute Gasteiger partial charge is 0.106 e. The van der Waals surface area contributed by atoms with Gasteiger partial charge in [0.05, 0.1) is 0 Å². The maximum atomic E-state index is 5.44. The Balaban J connectivity index is 0.00000128. The molecule has 0 aliphatic heterocycles. The van der Waals surface area contributed by atoms with Gasteiger partial charge in [-0.2, -0.15) is 0 Å². The van der Waals surface area contributed by atoms with Gasteiger partial charge in [0.25, 0.3) is 0 Å². The second kappa shape index (κ2) is 6.89. The first kappa shape index (κ1) is 13.5. The van der Waals surface area contributed by atoms with Crippen molar-refractivity contribution < 1.29 is 4.84 Å². The van der Waals surface area contributed by atoms with Gasteiger partial charge in [-0.1, -0.05) is 49.6 Å². The van der Waals surface area contributed by atoms with Crippen molar-refractivity contribution in [1.82, 2.24) is 0 Å². The van der Waals surface area contributed by atoms with E-state index in [1.165, 1.54) is 37.7 Å². The molecule has 0 saturated heterocycles. The molecular weight excluding hydrogens is 222 g/mol. The van der Waals surface area contributed by atoms with Crippen molar-refractivity contribution in [3.05, 3.63) is 35.9 Å². The monoisotopic (exact) mass is 241 g/mol.